The minimum absolute atomic E-state index is 0.0441. The van der Waals surface area contributed by atoms with Crippen molar-refractivity contribution in [3.8, 4) is 0 Å². The van der Waals surface area contributed by atoms with E-state index in [2.05, 4.69) is 39.2 Å². The minimum Gasteiger partial charge on any atom is -0.417 e. The van der Waals surface area contributed by atoms with Crippen LogP contribution in [0.2, 0.25) is 18.1 Å². The Labute approximate surface area is 99.1 Å². The lowest BCUT2D eigenvalue weighted by atomic mass is 9.97. The summed E-state index contributed by atoms with van der Waals surface area (Å²) in [5.41, 5.74) is 5.65. The highest BCUT2D eigenvalue weighted by Gasteiger charge is 2.39. The summed E-state index contributed by atoms with van der Waals surface area (Å²) in [4.78, 5) is 10.9. The van der Waals surface area contributed by atoms with E-state index in [1.54, 1.807) is 0 Å². The SMILES string of the molecule is CC(C)(C)[Si](C)(C)OCC[C@H]1NC(=O)[C@H]1N. The summed E-state index contributed by atoms with van der Waals surface area (Å²) in [7, 11) is -1.65. The van der Waals surface area contributed by atoms with Crippen molar-refractivity contribution in [2.24, 2.45) is 5.73 Å². The number of amides is 1. The maximum atomic E-state index is 10.9. The molecule has 0 aliphatic carbocycles. The van der Waals surface area contributed by atoms with Crippen molar-refractivity contribution in [3.05, 3.63) is 0 Å². The van der Waals surface area contributed by atoms with Crippen molar-refractivity contribution in [2.75, 3.05) is 6.61 Å². The number of nitrogens with two attached hydrogens (primary N) is 1. The third-order valence-electron chi connectivity index (χ3n) is 3.76. The van der Waals surface area contributed by atoms with Gasteiger partial charge < -0.3 is 15.5 Å². The molecule has 0 saturated carbocycles. The van der Waals surface area contributed by atoms with Crippen LogP contribution in [0.1, 0.15) is 27.2 Å². The molecule has 1 heterocycles. The van der Waals surface area contributed by atoms with Crippen molar-refractivity contribution in [2.45, 2.75) is 57.4 Å². The summed E-state index contributed by atoms with van der Waals surface area (Å²) in [6.45, 7) is 11.8. The number of carbonyl (C=O) groups is 1. The molecule has 94 valence electrons. The van der Waals surface area contributed by atoms with Gasteiger partial charge in [-0.05, 0) is 24.6 Å². The lowest BCUT2D eigenvalue weighted by molar-refractivity contribution is -0.130. The third kappa shape index (κ3) is 2.84. The predicted octanol–water partition coefficient (Wildman–Crippen LogP) is 1.22. The molecule has 0 aromatic rings. The molecule has 1 fully saturated rings. The van der Waals surface area contributed by atoms with Gasteiger partial charge in [-0.1, -0.05) is 20.8 Å². The van der Waals surface area contributed by atoms with Crippen molar-refractivity contribution < 1.29 is 9.22 Å². The van der Waals surface area contributed by atoms with Gasteiger partial charge in [0.1, 0.15) is 6.04 Å². The highest BCUT2D eigenvalue weighted by molar-refractivity contribution is 6.74. The quantitative estimate of drug-likeness (QED) is 0.577. The summed E-state index contributed by atoms with van der Waals surface area (Å²) in [5, 5.41) is 3.02. The van der Waals surface area contributed by atoms with E-state index in [0.29, 0.717) is 6.61 Å². The van der Waals surface area contributed by atoms with Crippen LogP contribution in [0.5, 0.6) is 0 Å². The second kappa shape index (κ2) is 4.47. The Kier molecular flexibility index (Phi) is 3.82. The van der Waals surface area contributed by atoms with Crippen LogP contribution in [0.3, 0.4) is 0 Å². The monoisotopic (exact) mass is 244 g/mol. The van der Waals surface area contributed by atoms with E-state index in [0.717, 1.165) is 6.42 Å². The molecule has 0 bridgehead atoms. The van der Waals surface area contributed by atoms with E-state index in [9.17, 15) is 4.79 Å². The van der Waals surface area contributed by atoms with Gasteiger partial charge >= 0.3 is 0 Å². The van der Waals surface area contributed by atoms with Crippen LogP contribution >= 0.6 is 0 Å². The molecule has 0 aromatic heterocycles. The number of nitrogens with one attached hydrogen (secondary N) is 1. The molecule has 1 saturated heterocycles. The summed E-state index contributed by atoms with van der Waals surface area (Å²) in [6, 6.07) is -0.222. The molecule has 1 aliphatic heterocycles. The maximum absolute atomic E-state index is 10.9. The van der Waals surface area contributed by atoms with E-state index in [1.807, 2.05) is 0 Å². The molecule has 16 heavy (non-hydrogen) atoms. The van der Waals surface area contributed by atoms with Gasteiger partial charge in [-0.3, -0.25) is 4.79 Å². The zero-order chi connectivity index (χ0) is 12.6. The first kappa shape index (κ1) is 13.7. The number of rotatable bonds is 4. The van der Waals surface area contributed by atoms with Crippen LogP contribution in [0.15, 0.2) is 0 Å². The van der Waals surface area contributed by atoms with Gasteiger partial charge in [-0.25, -0.2) is 0 Å². The molecule has 5 heteroatoms. The fourth-order valence-corrected chi connectivity index (χ4v) is 2.43. The van der Waals surface area contributed by atoms with Gasteiger partial charge in [-0.15, -0.1) is 0 Å². The highest BCUT2D eigenvalue weighted by atomic mass is 28.4. The summed E-state index contributed by atoms with van der Waals surface area (Å²) in [5.74, 6) is -0.0441. The Hall–Kier alpha value is -0.393. The van der Waals surface area contributed by atoms with Crippen molar-refractivity contribution >= 4 is 14.2 Å². The van der Waals surface area contributed by atoms with Gasteiger partial charge in [0.05, 0.1) is 6.04 Å². The van der Waals surface area contributed by atoms with Crippen LogP contribution < -0.4 is 11.1 Å². The molecule has 1 amide bonds. The smallest absolute Gasteiger partial charge is 0.239 e. The van der Waals surface area contributed by atoms with Crippen LogP contribution in [0.25, 0.3) is 0 Å². The highest BCUT2D eigenvalue weighted by Crippen LogP contribution is 2.36. The van der Waals surface area contributed by atoms with Crippen LogP contribution in [0, 0.1) is 0 Å². The van der Waals surface area contributed by atoms with Gasteiger partial charge in [0.2, 0.25) is 5.91 Å². The molecule has 2 atom stereocenters. The summed E-state index contributed by atoms with van der Waals surface area (Å²) >= 11 is 0. The number of hydrogen-bond acceptors (Lipinski definition) is 3. The lowest BCUT2D eigenvalue weighted by Crippen LogP contribution is -2.66. The van der Waals surface area contributed by atoms with E-state index in [4.69, 9.17) is 10.2 Å². The maximum Gasteiger partial charge on any atom is 0.239 e. The zero-order valence-electron chi connectivity index (χ0n) is 11.0. The first-order chi connectivity index (χ1) is 7.15. The molecule has 0 unspecified atom stereocenters. The molecule has 0 radical (unpaired) electrons. The average molecular weight is 244 g/mol. The van der Waals surface area contributed by atoms with Crippen molar-refractivity contribution in [3.63, 3.8) is 0 Å². The summed E-state index contributed by atoms with van der Waals surface area (Å²) < 4.78 is 6.02. The van der Waals surface area contributed by atoms with Gasteiger partial charge in [0, 0.05) is 6.61 Å². The fraction of sp³-hybridized carbons (Fsp3) is 0.909. The molecular weight excluding hydrogens is 220 g/mol. The Bertz CT molecular complexity index is 274. The second-order valence-electron chi connectivity index (χ2n) is 6.04. The summed E-state index contributed by atoms with van der Waals surface area (Å²) in [6.07, 6.45) is 0.819. The topological polar surface area (TPSA) is 64.3 Å². The van der Waals surface area contributed by atoms with Crippen LogP contribution in [0.4, 0.5) is 0 Å². The lowest BCUT2D eigenvalue weighted by Gasteiger charge is -2.38. The predicted molar refractivity (Wildman–Crippen MR) is 67.7 cm³/mol. The average Bonchev–Trinajstić information content (AvgIpc) is 2.14. The van der Waals surface area contributed by atoms with E-state index >= 15 is 0 Å². The molecule has 0 spiro atoms. The van der Waals surface area contributed by atoms with Crippen LogP contribution in [-0.4, -0.2) is 32.9 Å². The first-order valence-corrected chi connectivity index (χ1v) is 8.76. The Morgan fingerprint density at radius 2 is 2.00 bits per heavy atom. The number of β-lactam (4-membered cyclic amide) rings is 1. The number of carbonyl (C=O) groups excluding carboxylic acids is 1. The van der Waals surface area contributed by atoms with E-state index in [-0.39, 0.29) is 23.0 Å². The standard InChI is InChI=1S/C11H24N2O2Si/c1-11(2,3)16(4,5)15-7-6-8-9(12)10(14)13-8/h8-9H,6-7,12H2,1-5H3,(H,13,14)/t8-,9+/m1/s1. The Morgan fingerprint density at radius 3 is 2.38 bits per heavy atom. The largest absolute Gasteiger partial charge is 0.417 e. The first-order valence-electron chi connectivity index (χ1n) is 5.85. The molecule has 3 N–H and O–H groups in total. The normalized spacial score (nSPS) is 26.2. The second-order valence-corrected chi connectivity index (χ2v) is 10.8. The fourth-order valence-electron chi connectivity index (χ4n) is 1.36. The van der Waals surface area contributed by atoms with E-state index in [1.165, 1.54) is 0 Å². The minimum atomic E-state index is -1.65. The van der Waals surface area contributed by atoms with Gasteiger partial charge in [0.15, 0.2) is 8.32 Å². The van der Waals surface area contributed by atoms with Crippen LogP contribution in [-0.2, 0) is 9.22 Å². The molecule has 4 nitrogen and oxygen atoms in total. The molecule has 1 rings (SSSR count). The van der Waals surface area contributed by atoms with Gasteiger partial charge in [-0.2, -0.15) is 0 Å². The number of hydrogen-bond donors (Lipinski definition) is 2. The van der Waals surface area contributed by atoms with Crippen molar-refractivity contribution in [1.82, 2.24) is 5.32 Å². The Morgan fingerprint density at radius 1 is 1.44 bits per heavy atom. The Balaban J connectivity index is 2.28. The third-order valence-corrected chi connectivity index (χ3v) is 8.30. The van der Waals surface area contributed by atoms with Crippen molar-refractivity contribution in [1.29, 1.82) is 0 Å². The molecular formula is C11H24N2O2Si. The van der Waals surface area contributed by atoms with E-state index < -0.39 is 8.32 Å². The molecule has 1 aliphatic rings. The van der Waals surface area contributed by atoms with Gasteiger partial charge in [0.25, 0.3) is 0 Å². The zero-order valence-corrected chi connectivity index (χ0v) is 12.0. The molecule has 0 aromatic carbocycles.